The number of halogens is 1. The highest BCUT2D eigenvalue weighted by Gasteiger charge is 2.10. The molecule has 3 heteroatoms. The van der Waals surface area contributed by atoms with E-state index in [1.165, 1.54) is 16.7 Å². The molecule has 0 aliphatic heterocycles. The summed E-state index contributed by atoms with van der Waals surface area (Å²) in [7, 11) is 0. The third-order valence-corrected chi connectivity index (χ3v) is 3.65. The second-order valence-corrected chi connectivity index (χ2v) is 5.32. The van der Waals surface area contributed by atoms with Crippen LogP contribution in [0.1, 0.15) is 29.7 Å². The lowest BCUT2D eigenvalue weighted by molar-refractivity contribution is 0.869. The van der Waals surface area contributed by atoms with Gasteiger partial charge in [0.25, 0.3) is 0 Å². The summed E-state index contributed by atoms with van der Waals surface area (Å²) < 4.78 is 0.849. The Bertz CT molecular complexity index is 552. The summed E-state index contributed by atoms with van der Waals surface area (Å²) >= 11 is 3.45. The minimum absolute atomic E-state index is 0.256. The van der Waals surface area contributed by atoms with Crippen LogP contribution >= 0.6 is 15.9 Å². The van der Waals surface area contributed by atoms with E-state index in [0.29, 0.717) is 0 Å². The average Bonchev–Trinajstić information content (AvgIpc) is 2.32. The van der Waals surface area contributed by atoms with E-state index in [1.807, 2.05) is 12.1 Å². The molecule has 0 bridgehead atoms. The molecule has 0 radical (unpaired) electrons. The molecule has 2 nitrogen and oxygen atoms in total. The SMILES string of the molecule is Cc1ccc(C(C)Nc2cccnc2Br)c(C)c1. The summed E-state index contributed by atoms with van der Waals surface area (Å²) in [6, 6.07) is 10.8. The number of aromatic nitrogens is 1. The van der Waals surface area contributed by atoms with E-state index in [4.69, 9.17) is 0 Å². The summed E-state index contributed by atoms with van der Waals surface area (Å²) in [6.45, 7) is 6.43. The molecule has 0 saturated carbocycles. The molecule has 1 unspecified atom stereocenters. The van der Waals surface area contributed by atoms with Crippen LogP contribution in [0.15, 0.2) is 41.1 Å². The molecule has 2 aromatic rings. The zero-order valence-corrected chi connectivity index (χ0v) is 12.5. The van der Waals surface area contributed by atoms with Gasteiger partial charge in [-0.1, -0.05) is 23.8 Å². The van der Waals surface area contributed by atoms with E-state index in [9.17, 15) is 0 Å². The fraction of sp³-hybridized carbons (Fsp3) is 0.267. The number of aryl methyl sites for hydroxylation is 2. The lowest BCUT2D eigenvalue weighted by Crippen LogP contribution is -2.09. The van der Waals surface area contributed by atoms with Crippen LogP contribution in [-0.2, 0) is 0 Å². The second-order valence-electron chi connectivity index (χ2n) is 4.57. The van der Waals surface area contributed by atoms with Gasteiger partial charge in [0.2, 0.25) is 0 Å². The maximum Gasteiger partial charge on any atom is 0.129 e. The minimum Gasteiger partial charge on any atom is -0.376 e. The van der Waals surface area contributed by atoms with Crippen molar-refractivity contribution in [2.45, 2.75) is 26.8 Å². The third-order valence-electron chi connectivity index (χ3n) is 3.02. The van der Waals surface area contributed by atoms with Crippen molar-refractivity contribution in [1.29, 1.82) is 0 Å². The standard InChI is InChI=1S/C15H17BrN2/c1-10-6-7-13(11(2)9-10)12(3)18-14-5-4-8-17-15(14)16/h4-9,12,18H,1-3H3. The predicted molar refractivity (Wildman–Crippen MR) is 79.9 cm³/mol. The lowest BCUT2D eigenvalue weighted by Gasteiger charge is -2.18. The quantitative estimate of drug-likeness (QED) is 0.836. The van der Waals surface area contributed by atoms with Gasteiger partial charge in [-0.2, -0.15) is 0 Å². The number of nitrogens with one attached hydrogen (secondary N) is 1. The van der Waals surface area contributed by atoms with Gasteiger partial charge in [-0.05, 0) is 60.0 Å². The number of benzene rings is 1. The summed E-state index contributed by atoms with van der Waals surface area (Å²) in [5.41, 5.74) is 4.95. The summed E-state index contributed by atoms with van der Waals surface area (Å²) in [4.78, 5) is 4.22. The van der Waals surface area contributed by atoms with E-state index < -0.39 is 0 Å². The molecule has 0 aliphatic carbocycles. The summed E-state index contributed by atoms with van der Waals surface area (Å²) in [5.74, 6) is 0. The molecule has 2 rings (SSSR count). The van der Waals surface area contributed by atoms with Crippen LogP contribution in [0.2, 0.25) is 0 Å². The van der Waals surface area contributed by atoms with Gasteiger partial charge in [0.15, 0.2) is 0 Å². The highest BCUT2D eigenvalue weighted by molar-refractivity contribution is 9.10. The van der Waals surface area contributed by atoms with Crippen molar-refractivity contribution in [2.24, 2.45) is 0 Å². The van der Waals surface area contributed by atoms with Gasteiger partial charge in [-0.25, -0.2) is 4.98 Å². The molecule has 0 spiro atoms. The van der Waals surface area contributed by atoms with E-state index in [1.54, 1.807) is 6.20 Å². The molecule has 1 heterocycles. The Labute approximate surface area is 117 Å². The summed E-state index contributed by atoms with van der Waals surface area (Å²) in [6.07, 6.45) is 1.77. The zero-order valence-electron chi connectivity index (χ0n) is 10.9. The molecule has 0 amide bonds. The van der Waals surface area contributed by atoms with Crippen molar-refractivity contribution in [3.63, 3.8) is 0 Å². The molecular weight excluding hydrogens is 288 g/mol. The van der Waals surface area contributed by atoms with Crippen molar-refractivity contribution in [3.8, 4) is 0 Å². The molecule has 1 atom stereocenters. The highest BCUT2D eigenvalue weighted by Crippen LogP contribution is 2.26. The Morgan fingerprint density at radius 1 is 1.22 bits per heavy atom. The molecule has 0 aliphatic rings. The Morgan fingerprint density at radius 3 is 2.67 bits per heavy atom. The first-order valence-corrected chi connectivity index (χ1v) is 6.81. The topological polar surface area (TPSA) is 24.9 Å². The largest absolute Gasteiger partial charge is 0.376 e. The molecule has 94 valence electrons. The number of nitrogens with zero attached hydrogens (tertiary/aromatic N) is 1. The van der Waals surface area contributed by atoms with Gasteiger partial charge >= 0.3 is 0 Å². The van der Waals surface area contributed by atoms with Crippen molar-refractivity contribution in [3.05, 3.63) is 57.8 Å². The maximum absolute atomic E-state index is 4.22. The number of hydrogen-bond donors (Lipinski definition) is 1. The summed E-state index contributed by atoms with van der Waals surface area (Å²) in [5, 5.41) is 3.48. The van der Waals surface area contributed by atoms with Crippen molar-refractivity contribution in [1.82, 2.24) is 4.98 Å². The molecule has 18 heavy (non-hydrogen) atoms. The van der Waals surface area contributed by atoms with E-state index in [2.05, 4.69) is 65.2 Å². The number of rotatable bonds is 3. The van der Waals surface area contributed by atoms with Crippen LogP contribution < -0.4 is 5.32 Å². The van der Waals surface area contributed by atoms with Gasteiger partial charge in [-0.15, -0.1) is 0 Å². The number of pyridine rings is 1. The van der Waals surface area contributed by atoms with Crippen molar-refractivity contribution >= 4 is 21.6 Å². The normalized spacial score (nSPS) is 12.2. The highest BCUT2D eigenvalue weighted by atomic mass is 79.9. The Morgan fingerprint density at radius 2 is 2.00 bits per heavy atom. The lowest BCUT2D eigenvalue weighted by atomic mass is 10.0. The van der Waals surface area contributed by atoms with E-state index in [-0.39, 0.29) is 6.04 Å². The fourth-order valence-electron chi connectivity index (χ4n) is 2.12. The first-order valence-electron chi connectivity index (χ1n) is 6.02. The van der Waals surface area contributed by atoms with Crippen LogP contribution in [0.4, 0.5) is 5.69 Å². The third kappa shape index (κ3) is 2.91. The fourth-order valence-corrected chi connectivity index (χ4v) is 2.48. The minimum atomic E-state index is 0.256. The second kappa shape index (κ2) is 5.53. The molecule has 0 fully saturated rings. The predicted octanol–water partition coefficient (Wildman–Crippen LogP) is 4.63. The van der Waals surface area contributed by atoms with Gasteiger partial charge in [0.1, 0.15) is 4.60 Å². The number of hydrogen-bond acceptors (Lipinski definition) is 2. The monoisotopic (exact) mass is 304 g/mol. The van der Waals surface area contributed by atoms with Gasteiger partial charge < -0.3 is 5.32 Å². The van der Waals surface area contributed by atoms with Crippen LogP contribution in [0, 0.1) is 13.8 Å². The first-order chi connectivity index (χ1) is 8.58. The van der Waals surface area contributed by atoms with Gasteiger partial charge in [0.05, 0.1) is 5.69 Å². The van der Waals surface area contributed by atoms with Crippen molar-refractivity contribution < 1.29 is 0 Å². The van der Waals surface area contributed by atoms with Gasteiger partial charge in [0, 0.05) is 12.2 Å². The Hall–Kier alpha value is -1.35. The van der Waals surface area contributed by atoms with Crippen LogP contribution in [0.5, 0.6) is 0 Å². The Balaban J connectivity index is 2.22. The van der Waals surface area contributed by atoms with Crippen LogP contribution in [-0.4, -0.2) is 4.98 Å². The van der Waals surface area contributed by atoms with Gasteiger partial charge in [-0.3, -0.25) is 0 Å². The number of anilines is 1. The molecular formula is C15H17BrN2. The smallest absolute Gasteiger partial charge is 0.129 e. The molecule has 1 aromatic heterocycles. The van der Waals surface area contributed by atoms with E-state index in [0.717, 1.165) is 10.3 Å². The maximum atomic E-state index is 4.22. The first kappa shape index (κ1) is 13.1. The van der Waals surface area contributed by atoms with Crippen LogP contribution in [0.25, 0.3) is 0 Å². The zero-order chi connectivity index (χ0) is 13.1. The molecule has 0 saturated heterocycles. The van der Waals surface area contributed by atoms with Crippen LogP contribution in [0.3, 0.4) is 0 Å². The molecule has 1 aromatic carbocycles. The Kier molecular flexibility index (Phi) is 4.02. The van der Waals surface area contributed by atoms with E-state index >= 15 is 0 Å². The van der Waals surface area contributed by atoms with Crippen molar-refractivity contribution in [2.75, 3.05) is 5.32 Å². The molecule has 1 N–H and O–H groups in total. The average molecular weight is 305 g/mol.